The molecule has 0 aliphatic rings. The van der Waals surface area contributed by atoms with Crippen LogP contribution in [0.3, 0.4) is 0 Å². The summed E-state index contributed by atoms with van der Waals surface area (Å²) in [6.45, 7) is 9.58. The molecule has 0 atom stereocenters. The highest BCUT2D eigenvalue weighted by Crippen LogP contribution is 2.28. The smallest absolute Gasteiger partial charge is 0.127 e. The Morgan fingerprint density at radius 1 is 1.37 bits per heavy atom. The Bertz CT molecular complexity index is 432. The van der Waals surface area contributed by atoms with E-state index in [9.17, 15) is 4.39 Å². The van der Waals surface area contributed by atoms with Crippen molar-refractivity contribution in [2.24, 2.45) is 5.41 Å². The molecular weight excluding hydrogens is 329 g/mol. The van der Waals surface area contributed by atoms with Crippen molar-refractivity contribution in [1.82, 2.24) is 5.32 Å². The summed E-state index contributed by atoms with van der Waals surface area (Å²) in [5, 5.41) is 3.99. The monoisotopic (exact) mass is 349 g/mol. The molecular formula is C15H22BrClFN. The Morgan fingerprint density at radius 2 is 2.00 bits per heavy atom. The zero-order valence-electron chi connectivity index (χ0n) is 12.0. The molecule has 1 aromatic carbocycles. The average molecular weight is 351 g/mol. The molecule has 0 fully saturated rings. The van der Waals surface area contributed by atoms with Crippen LogP contribution in [0.2, 0.25) is 5.02 Å². The van der Waals surface area contributed by atoms with E-state index < -0.39 is 0 Å². The molecule has 0 spiro atoms. The van der Waals surface area contributed by atoms with Gasteiger partial charge in [0.15, 0.2) is 0 Å². The second-order valence-corrected chi connectivity index (χ2v) is 7.32. The largest absolute Gasteiger partial charge is 0.314 e. The summed E-state index contributed by atoms with van der Waals surface area (Å²) in [7, 11) is 0. The summed E-state index contributed by atoms with van der Waals surface area (Å²) in [6, 6.07) is 3.63. The fraction of sp³-hybridized carbons (Fsp3) is 0.600. The van der Waals surface area contributed by atoms with Crippen LogP contribution in [0, 0.1) is 11.2 Å². The molecule has 0 aromatic heterocycles. The molecule has 1 aromatic rings. The predicted molar refractivity (Wildman–Crippen MR) is 84.4 cm³/mol. The highest BCUT2D eigenvalue weighted by molar-refractivity contribution is 9.10. The van der Waals surface area contributed by atoms with Gasteiger partial charge in [-0.2, -0.15) is 0 Å². The molecule has 0 heterocycles. The van der Waals surface area contributed by atoms with Gasteiger partial charge in [0.1, 0.15) is 5.82 Å². The van der Waals surface area contributed by atoms with Crippen LogP contribution < -0.4 is 5.32 Å². The lowest BCUT2D eigenvalue weighted by Gasteiger charge is -2.26. The van der Waals surface area contributed by atoms with Gasteiger partial charge in [0.2, 0.25) is 0 Å². The number of nitrogens with one attached hydrogen (secondary N) is 1. The van der Waals surface area contributed by atoms with E-state index >= 15 is 0 Å². The molecule has 0 aliphatic carbocycles. The summed E-state index contributed by atoms with van der Waals surface area (Å²) in [4.78, 5) is 0. The number of benzene rings is 1. The lowest BCUT2D eigenvalue weighted by atomic mass is 9.86. The van der Waals surface area contributed by atoms with E-state index in [0.717, 1.165) is 13.0 Å². The maximum atomic E-state index is 13.8. The van der Waals surface area contributed by atoms with Crippen molar-refractivity contribution in [1.29, 1.82) is 0 Å². The Balaban J connectivity index is 2.63. The lowest BCUT2D eigenvalue weighted by molar-refractivity contribution is 0.303. The quantitative estimate of drug-likeness (QED) is 0.695. The van der Waals surface area contributed by atoms with Crippen LogP contribution in [0.5, 0.6) is 0 Å². The molecule has 0 bridgehead atoms. The van der Waals surface area contributed by atoms with Crippen molar-refractivity contribution in [2.75, 3.05) is 6.54 Å². The second-order valence-electron chi connectivity index (χ2n) is 6.06. The fourth-order valence-corrected chi connectivity index (χ4v) is 2.30. The van der Waals surface area contributed by atoms with Gasteiger partial charge in [-0.15, -0.1) is 0 Å². The van der Waals surface area contributed by atoms with Gasteiger partial charge in [-0.1, -0.05) is 39.3 Å². The predicted octanol–water partition coefficient (Wildman–Crippen LogP) is 5.20. The molecule has 1 nitrogen and oxygen atoms in total. The van der Waals surface area contributed by atoms with Crippen LogP contribution in [0.15, 0.2) is 16.6 Å². The molecule has 0 saturated heterocycles. The fourth-order valence-electron chi connectivity index (χ4n) is 1.80. The molecule has 19 heavy (non-hydrogen) atoms. The third-order valence-electron chi connectivity index (χ3n) is 3.15. The first kappa shape index (κ1) is 16.9. The van der Waals surface area contributed by atoms with Crippen LogP contribution in [0.1, 0.15) is 39.7 Å². The van der Waals surface area contributed by atoms with Gasteiger partial charge in [0.25, 0.3) is 0 Å². The van der Waals surface area contributed by atoms with Gasteiger partial charge in [0.05, 0.1) is 5.02 Å². The van der Waals surface area contributed by atoms with E-state index in [-0.39, 0.29) is 11.2 Å². The van der Waals surface area contributed by atoms with Gasteiger partial charge in [-0.3, -0.25) is 0 Å². The first-order valence-electron chi connectivity index (χ1n) is 6.58. The number of hydrogen-bond donors (Lipinski definition) is 1. The molecule has 4 heteroatoms. The van der Waals surface area contributed by atoms with E-state index in [1.807, 2.05) is 0 Å². The number of halogens is 3. The molecule has 0 amide bonds. The maximum absolute atomic E-state index is 13.8. The van der Waals surface area contributed by atoms with Gasteiger partial charge in [-0.25, -0.2) is 4.39 Å². The summed E-state index contributed by atoms with van der Waals surface area (Å²) in [6.07, 6.45) is 1.62. The van der Waals surface area contributed by atoms with E-state index in [1.54, 1.807) is 6.07 Å². The number of rotatable bonds is 6. The maximum Gasteiger partial charge on any atom is 0.127 e. The molecule has 1 N–H and O–H groups in total. The van der Waals surface area contributed by atoms with Crippen LogP contribution in [-0.2, 0) is 6.42 Å². The van der Waals surface area contributed by atoms with E-state index in [4.69, 9.17) is 11.6 Å². The molecule has 0 saturated carbocycles. The molecule has 108 valence electrons. The van der Waals surface area contributed by atoms with Crippen LogP contribution in [0.25, 0.3) is 0 Å². The van der Waals surface area contributed by atoms with Crippen molar-refractivity contribution in [3.63, 3.8) is 0 Å². The molecule has 0 radical (unpaired) electrons. The zero-order valence-corrected chi connectivity index (χ0v) is 14.3. The van der Waals surface area contributed by atoms with Gasteiger partial charge >= 0.3 is 0 Å². The van der Waals surface area contributed by atoms with Crippen molar-refractivity contribution in [3.8, 4) is 0 Å². The normalized spacial score (nSPS) is 12.2. The minimum atomic E-state index is -0.191. The highest BCUT2D eigenvalue weighted by atomic mass is 79.9. The van der Waals surface area contributed by atoms with Crippen molar-refractivity contribution in [3.05, 3.63) is 33.0 Å². The second kappa shape index (κ2) is 7.05. The first-order chi connectivity index (χ1) is 8.71. The molecule has 0 aliphatic heterocycles. The average Bonchev–Trinajstić information content (AvgIpc) is 2.30. The minimum Gasteiger partial charge on any atom is -0.314 e. The van der Waals surface area contributed by atoms with Gasteiger partial charge in [0, 0.05) is 17.1 Å². The van der Waals surface area contributed by atoms with Gasteiger partial charge in [-0.05, 0) is 51.9 Å². The zero-order chi connectivity index (χ0) is 14.6. The first-order valence-corrected chi connectivity index (χ1v) is 7.75. The summed E-state index contributed by atoms with van der Waals surface area (Å²) in [5.74, 6) is -0.191. The van der Waals surface area contributed by atoms with Crippen molar-refractivity contribution < 1.29 is 4.39 Å². The Labute approximate surface area is 129 Å². The van der Waals surface area contributed by atoms with E-state index in [1.165, 1.54) is 6.07 Å². The Kier molecular flexibility index (Phi) is 6.28. The topological polar surface area (TPSA) is 12.0 Å². The van der Waals surface area contributed by atoms with Crippen LogP contribution in [-0.4, -0.2) is 12.6 Å². The lowest BCUT2D eigenvalue weighted by Crippen LogP contribution is -2.34. The number of hydrogen-bond acceptors (Lipinski definition) is 1. The highest BCUT2D eigenvalue weighted by Gasteiger charge is 2.19. The third kappa shape index (κ3) is 5.80. The summed E-state index contributed by atoms with van der Waals surface area (Å²) < 4.78 is 14.4. The van der Waals surface area contributed by atoms with Crippen LogP contribution in [0.4, 0.5) is 4.39 Å². The van der Waals surface area contributed by atoms with E-state index in [0.29, 0.717) is 27.5 Å². The van der Waals surface area contributed by atoms with Crippen LogP contribution >= 0.6 is 27.5 Å². The Hall–Kier alpha value is -0.120. The van der Waals surface area contributed by atoms with Crippen molar-refractivity contribution >= 4 is 27.5 Å². The van der Waals surface area contributed by atoms with Crippen molar-refractivity contribution in [2.45, 2.75) is 46.6 Å². The SMILES string of the molecule is CC(C)NCC(C)(C)CCc1cc(Cl)c(Br)cc1F. The summed E-state index contributed by atoms with van der Waals surface area (Å²) in [5.41, 5.74) is 0.821. The minimum absolute atomic E-state index is 0.135. The van der Waals surface area contributed by atoms with Gasteiger partial charge < -0.3 is 5.32 Å². The Morgan fingerprint density at radius 3 is 2.58 bits per heavy atom. The summed E-state index contributed by atoms with van der Waals surface area (Å²) >= 11 is 9.24. The molecule has 1 rings (SSSR count). The third-order valence-corrected chi connectivity index (χ3v) is 4.35. The van der Waals surface area contributed by atoms with E-state index in [2.05, 4.69) is 48.9 Å². The standard InChI is InChI=1S/C15H22BrClFN/c1-10(2)19-9-15(3,4)6-5-11-7-13(17)12(16)8-14(11)18/h7-8,10,19H,5-6,9H2,1-4H3. The molecule has 0 unspecified atom stereocenters. The number of aryl methyl sites for hydroxylation is 1.